The molecule has 6 heteroatoms. The van der Waals surface area contributed by atoms with E-state index in [4.69, 9.17) is 10.5 Å². The molecule has 0 amide bonds. The number of hydrogen-bond acceptors (Lipinski definition) is 3. The average molecular weight is 455 g/mol. The average Bonchev–Trinajstić information content (AvgIpc) is 2.61. The first kappa shape index (κ1) is 21.1. The van der Waals surface area contributed by atoms with Crippen LogP contribution in [-0.2, 0) is 6.54 Å². The minimum atomic E-state index is 0. The topological polar surface area (TPSA) is 79.9 Å². The molecule has 2 aromatic rings. The third kappa shape index (κ3) is 5.81. The zero-order chi connectivity index (χ0) is 17.5. The largest absolute Gasteiger partial charge is 0.504 e. The number of ether oxygens (including phenoxy) is 1. The molecule has 0 heterocycles. The summed E-state index contributed by atoms with van der Waals surface area (Å²) < 4.78 is 5.08. The number of benzene rings is 2. The minimum absolute atomic E-state index is 0. The van der Waals surface area contributed by atoms with Crippen LogP contribution in [0, 0.1) is 0 Å². The number of hydrogen-bond donors (Lipinski definition) is 3. The van der Waals surface area contributed by atoms with Gasteiger partial charge in [-0.25, -0.2) is 4.99 Å². The van der Waals surface area contributed by atoms with E-state index >= 15 is 0 Å². The van der Waals surface area contributed by atoms with Crippen LogP contribution in [-0.4, -0.2) is 18.2 Å². The minimum Gasteiger partial charge on any atom is -0.504 e. The highest BCUT2D eigenvalue weighted by molar-refractivity contribution is 14.0. The number of phenols is 1. The number of nitrogens with zero attached hydrogens (tertiary/aromatic N) is 1. The molecule has 0 saturated carbocycles. The Morgan fingerprint density at radius 3 is 2.52 bits per heavy atom. The van der Waals surface area contributed by atoms with Gasteiger partial charge in [-0.1, -0.05) is 38.1 Å². The molecule has 25 heavy (non-hydrogen) atoms. The van der Waals surface area contributed by atoms with Crippen molar-refractivity contribution >= 4 is 35.6 Å². The van der Waals surface area contributed by atoms with Crippen LogP contribution in [0.3, 0.4) is 0 Å². The van der Waals surface area contributed by atoms with Crippen molar-refractivity contribution in [2.45, 2.75) is 32.7 Å². The SMILES string of the molecule is CCC(C)c1ccc(NC(N)=NCc2cccc(OC)c2O)cc1.I. The molecule has 5 nitrogen and oxygen atoms in total. The lowest BCUT2D eigenvalue weighted by atomic mass is 9.99. The van der Waals surface area contributed by atoms with Crippen molar-refractivity contribution in [3.05, 3.63) is 53.6 Å². The number of nitrogens with one attached hydrogen (secondary N) is 1. The van der Waals surface area contributed by atoms with Crippen LogP contribution in [0.1, 0.15) is 37.3 Å². The zero-order valence-electron chi connectivity index (χ0n) is 14.8. The van der Waals surface area contributed by atoms with E-state index in [-0.39, 0.29) is 36.3 Å². The van der Waals surface area contributed by atoms with E-state index in [1.807, 2.05) is 12.1 Å². The van der Waals surface area contributed by atoms with Gasteiger partial charge in [0.15, 0.2) is 17.5 Å². The van der Waals surface area contributed by atoms with Gasteiger partial charge in [-0.3, -0.25) is 0 Å². The maximum Gasteiger partial charge on any atom is 0.193 e. The van der Waals surface area contributed by atoms with Gasteiger partial charge in [-0.15, -0.1) is 24.0 Å². The molecule has 0 spiro atoms. The van der Waals surface area contributed by atoms with E-state index in [0.717, 1.165) is 12.1 Å². The highest BCUT2D eigenvalue weighted by Crippen LogP contribution is 2.29. The first-order chi connectivity index (χ1) is 11.5. The second kappa shape index (κ2) is 10.1. The van der Waals surface area contributed by atoms with E-state index in [1.165, 1.54) is 12.7 Å². The van der Waals surface area contributed by atoms with Crippen molar-refractivity contribution in [1.29, 1.82) is 0 Å². The standard InChI is InChI=1S/C19H25N3O2.HI/c1-4-13(2)14-8-10-16(11-9-14)22-19(20)21-12-15-6-5-7-17(24-3)18(15)23;/h5-11,13,23H,4,12H2,1-3H3,(H3,20,21,22);1H. The maximum absolute atomic E-state index is 10.0. The summed E-state index contributed by atoms with van der Waals surface area (Å²) in [5.74, 6) is 1.36. The number of rotatable bonds is 6. The summed E-state index contributed by atoms with van der Waals surface area (Å²) in [5.41, 5.74) is 8.78. The first-order valence-corrected chi connectivity index (χ1v) is 8.06. The van der Waals surface area contributed by atoms with Gasteiger partial charge in [0.2, 0.25) is 0 Å². The van der Waals surface area contributed by atoms with E-state index < -0.39 is 0 Å². The Morgan fingerprint density at radius 1 is 1.24 bits per heavy atom. The summed E-state index contributed by atoms with van der Waals surface area (Å²) in [5, 5.41) is 13.1. The van der Waals surface area contributed by atoms with Crippen LogP contribution in [0.2, 0.25) is 0 Å². The quantitative estimate of drug-likeness (QED) is 0.342. The third-order valence-electron chi connectivity index (χ3n) is 4.09. The number of aromatic hydroxyl groups is 1. The lowest BCUT2D eigenvalue weighted by Crippen LogP contribution is -2.22. The number of anilines is 1. The number of halogens is 1. The van der Waals surface area contributed by atoms with Gasteiger partial charge in [0, 0.05) is 11.3 Å². The van der Waals surface area contributed by atoms with Crippen LogP contribution in [0.25, 0.3) is 0 Å². The Morgan fingerprint density at radius 2 is 1.92 bits per heavy atom. The van der Waals surface area contributed by atoms with Crippen LogP contribution >= 0.6 is 24.0 Å². The monoisotopic (exact) mass is 455 g/mol. The predicted molar refractivity (Wildman–Crippen MR) is 114 cm³/mol. The van der Waals surface area contributed by atoms with Crippen molar-refractivity contribution in [3.8, 4) is 11.5 Å². The molecule has 0 aromatic heterocycles. The third-order valence-corrected chi connectivity index (χ3v) is 4.09. The number of nitrogens with two attached hydrogens (primary N) is 1. The molecule has 0 bridgehead atoms. The van der Waals surface area contributed by atoms with Crippen LogP contribution in [0.5, 0.6) is 11.5 Å². The Kier molecular flexibility index (Phi) is 8.54. The van der Waals surface area contributed by atoms with Crippen molar-refractivity contribution in [2.75, 3.05) is 12.4 Å². The van der Waals surface area contributed by atoms with Crippen molar-refractivity contribution < 1.29 is 9.84 Å². The number of phenolic OH excluding ortho intramolecular Hbond substituents is 1. The molecular weight excluding hydrogens is 429 g/mol. The number of guanidine groups is 1. The zero-order valence-corrected chi connectivity index (χ0v) is 17.2. The molecule has 2 aromatic carbocycles. The molecule has 0 radical (unpaired) electrons. The van der Waals surface area contributed by atoms with Crippen LogP contribution in [0.4, 0.5) is 5.69 Å². The van der Waals surface area contributed by atoms with E-state index in [9.17, 15) is 5.11 Å². The smallest absolute Gasteiger partial charge is 0.193 e. The van der Waals surface area contributed by atoms with Gasteiger partial charge < -0.3 is 20.9 Å². The Hall–Kier alpha value is -1.96. The molecule has 0 saturated heterocycles. The second-order valence-electron chi connectivity index (χ2n) is 5.73. The molecule has 0 aliphatic heterocycles. The van der Waals surface area contributed by atoms with Gasteiger partial charge in [0.05, 0.1) is 13.7 Å². The fourth-order valence-electron chi connectivity index (χ4n) is 2.35. The second-order valence-corrected chi connectivity index (χ2v) is 5.73. The summed E-state index contributed by atoms with van der Waals surface area (Å²) >= 11 is 0. The fourth-order valence-corrected chi connectivity index (χ4v) is 2.35. The maximum atomic E-state index is 10.0. The molecule has 136 valence electrons. The lowest BCUT2D eigenvalue weighted by molar-refractivity contribution is 0.370. The first-order valence-electron chi connectivity index (χ1n) is 8.06. The van der Waals surface area contributed by atoms with Gasteiger partial charge in [0.1, 0.15) is 0 Å². The van der Waals surface area contributed by atoms with Crippen molar-refractivity contribution in [1.82, 2.24) is 0 Å². The Balaban J connectivity index is 0.00000312. The Bertz CT molecular complexity index is 702. The van der Waals surface area contributed by atoms with E-state index in [1.54, 1.807) is 18.2 Å². The normalized spacial score (nSPS) is 12.2. The molecule has 0 aliphatic carbocycles. The molecule has 1 unspecified atom stereocenters. The summed E-state index contributed by atoms with van der Waals surface area (Å²) in [7, 11) is 1.51. The van der Waals surface area contributed by atoms with Crippen molar-refractivity contribution in [2.24, 2.45) is 10.7 Å². The molecule has 1 atom stereocenters. The van der Waals surface area contributed by atoms with E-state index in [0.29, 0.717) is 23.2 Å². The highest BCUT2D eigenvalue weighted by atomic mass is 127. The summed E-state index contributed by atoms with van der Waals surface area (Å²) in [6.45, 7) is 4.65. The molecule has 0 aliphatic rings. The van der Waals surface area contributed by atoms with Crippen LogP contribution < -0.4 is 15.8 Å². The molecule has 4 N–H and O–H groups in total. The summed E-state index contributed by atoms with van der Waals surface area (Å²) in [6.07, 6.45) is 1.11. The number of para-hydroxylation sites is 1. The molecule has 2 rings (SSSR count). The van der Waals surface area contributed by atoms with Crippen molar-refractivity contribution in [3.63, 3.8) is 0 Å². The highest BCUT2D eigenvalue weighted by Gasteiger charge is 2.07. The lowest BCUT2D eigenvalue weighted by Gasteiger charge is -2.11. The van der Waals surface area contributed by atoms with E-state index in [2.05, 4.69) is 36.3 Å². The molecular formula is C19H26IN3O2. The van der Waals surface area contributed by atoms with Gasteiger partial charge in [-0.2, -0.15) is 0 Å². The van der Waals surface area contributed by atoms with Gasteiger partial charge >= 0.3 is 0 Å². The van der Waals surface area contributed by atoms with Gasteiger partial charge in [0.25, 0.3) is 0 Å². The predicted octanol–water partition coefficient (Wildman–Crippen LogP) is 4.46. The van der Waals surface area contributed by atoms with Gasteiger partial charge in [-0.05, 0) is 36.1 Å². The number of aliphatic imine (C=N–C) groups is 1. The Labute approximate surface area is 166 Å². The molecule has 0 fully saturated rings. The number of methoxy groups -OCH3 is 1. The van der Waals surface area contributed by atoms with Crippen LogP contribution in [0.15, 0.2) is 47.5 Å². The summed E-state index contributed by atoms with van der Waals surface area (Å²) in [6, 6.07) is 13.5. The summed E-state index contributed by atoms with van der Waals surface area (Å²) in [4.78, 5) is 4.27. The fraction of sp³-hybridized carbons (Fsp3) is 0.316.